The first-order valence-electron chi connectivity index (χ1n) is 4.48. The zero-order valence-corrected chi connectivity index (χ0v) is 8.20. The fourth-order valence-electron chi connectivity index (χ4n) is 1.35. The third-order valence-corrected chi connectivity index (χ3v) is 2.01. The lowest BCUT2D eigenvalue weighted by Crippen LogP contribution is -1.91. The van der Waals surface area contributed by atoms with E-state index in [0.29, 0.717) is 17.0 Å². The molecule has 1 heterocycles. The van der Waals surface area contributed by atoms with Crippen LogP contribution in [0.25, 0.3) is 11.3 Å². The smallest absolute Gasteiger partial charge is 0.153 e. The van der Waals surface area contributed by atoms with E-state index >= 15 is 0 Å². The van der Waals surface area contributed by atoms with Gasteiger partial charge in [-0.2, -0.15) is 0 Å². The summed E-state index contributed by atoms with van der Waals surface area (Å²) in [6.45, 7) is 0. The summed E-state index contributed by atoms with van der Waals surface area (Å²) in [5.41, 5.74) is 1.28. The number of rotatable bonds is 2. The Morgan fingerprint density at radius 2 is 2.27 bits per heavy atom. The summed E-state index contributed by atoms with van der Waals surface area (Å²) in [6, 6.07) is 10.8. The number of hydrogen-bond donors (Lipinski definition) is 0. The van der Waals surface area contributed by atoms with Crippen molar-refractivity contribution in [2.24, 2.45) is 0 Å². The molecule has 1 aromatic heterocycles. The number of aromatic nitrogens is 1. The van der Waals surface area contributed by atoms with E-state index < -0.39 is 0 Å². The maximum atomic E-state index is 13.0. The van der Waals surface area contributed by atoms with E-state index in [1.165, 1.54) is 19.2 Å². The van der Waals surface area contributed by atoms with Gasteiger partial charge in [0.15, 0.2) is 5.75 Å². The average molecular weight is 202 g/mol. The highest BCUT2D eigenvalue weighted by atomic mass is 19.1. The molecule has 2 rings (SSSR count). The predicted molar refractivity (Wildman–Crippen MR) is 55.0 cm³/mol. The molecule has 0 atom stereocenters. The second-order valence-electron chi connectivity index (χ2n) is 2.98. The fraction of sp³-hybridized carbons (Fsp3) is 0.0833. The molecule has 2 aromatic rings. The highest BCUT2D eigenvalue weighted by Crippen LogP contribution is 2.26. The topological polar surface area (TPSA) is 22.1 Å². The Bertz CT molecular complexity index is 471. The van der Waals surface area contributed by atoms with Gasteiger partial charge < -0.3 is 4.74 Å². The number of methoxy groups -OCH3 is 1. The first kappa shape index (κ1) is 9.65. The molecule has 75 valence electrons. The molecule has 3 heteroatoms. The van der Waals surface area contributed by atoms with Gasteiger partial charge in [-0.25, -0.2) is 4.39 Å². The van der Waals surface area contributed by atoms with Crippen LogP contribution in [0.2, 0.25) is 0 Å². The first-order chi connectivity index (χ1) is 7.31. The van der Waals surface area contributed by atoms with E-state index in [1.54, 1.807) is 24.4 Å². The van der Waals surface area contributed by atoms with Gasteiger partial charge in [-0.3, -0.25) is 4.98 Å². The summed E-state index contributed by atoms with van der Waals surface area (Å²) >= 11 is 0. The van der Waals surface area contributed by atoms with Crippen LogP contribution >= 0.6 is 0 Å². The normalized spacial score (nSPS) is 10.0. The van der Waals surface area contributed by atoms with Crippen LogP contribution in [0.3, 0.4) is 0 Å². The van der Waals surface area contributed by atoms with E-state index in [-0.39, 0.29) is 5.82 Å². The van der Waals surface area contributed by atoms with E-state index in [4.69, 9.17) is 4.74 Å². The molecule has 1 aromatic carbocycles. The van der Waals surface area contributed by atoms with Crippen molar-refractivity contribution in [3.63, 3.8) is 0 Å². The number of hydrogen-bond acceptors (Lipinski definition) is 2. The molecule has 0 saturated carbocycles. The van der Waals surface area contributed by atoms with E-state index in [9.17, 15) is 4.39 Å². The van der Waals surface area contributed by atoms with E-state index in [0.717, 1.165) is 0 Å². The molecular weight excluding hydrogens is 193 g/mol. The van der Waals surface area contributed by atoms with Gasteiger partial charge in [0, 0.05) is 17.8 Å². The van der Waals surface area contributed by atoms with Crippen molar-refractivity contribution in [1.29, 1.82) is 0 Å². The third kappa shape index (κ3) is 1.96. The van der Waals surface area contributed by atoms with Gasteiger partial charge >= 0.3 is 0 Å². The van der Waals surface area contributed by atoms with Crippen molar-refractivity contribution >= 4 is 0 Å². The van der Waals surface area contributed by atoms with Crippen LogP contribution in [0.1, 0.15) is 0 Å². The van der Waals surface area contributed by atoms with Gasteiger partial charge in [-0.1, -0.05) is 12.1 Å². The van der Waals surface area contributed by atoms with Crippen molar-refractivity contribution in [3.8, 4) is 17.0 Å². The number of benzene rings is 1. The van der Waals surface area contributed by atoms with Gasteiger partial charge in [-0.15, -0.1) is 0 Å². The molecule has 2 nitrogen and oxygen atoms in total. The predicted octanol–water partition coefficient (Wildman–Crippen LogP) is 2.70. The Morgan fingerprint density at radius 1 is 1.40 bits per heavy atom. The van der Waals surface area contributed by atoms with Crippen molar-refractivity contribution in [2.75, 3.05) is 7.11 Å². The van der Waals surface area contributed by atoms with Gasteiger partial charge in [0.25, 0.3) is 0 Å². The van der Waals surface area contributed by atoms with Crippen LogP contribution in [0, 0.1) is 11.9 Å². The maximum Gasteiger partial charge on any atom is 0.153 e. The van der Waals surface area contributed by atoms with Crippen LogP contribution in [-0.4, -0.2) is 12.1 Å². The molecule has 0 aliphatic rings. The molecule has 0 aliphatic carbocycles. The Labute approximate surface area is 87.4 Å². The summed E-state index contributed by atoms with van der Waals surface area (Å²) in [6.07, 6.45) is 1.60. The molecule has 1 radical (unpaired) electrons. The van der Waals surface area contributed by atoms with E-state index in [1.807, 2.05) is 0 Å². The average Bonchev–Trinajstić information content (AvgIpc) is 2.29. The third-order valence-electron chi connectivity index (χ3n) is 2.01. The number of pyridine rings is 1. The molecule has 0 spiro atoms. The SMILES string of the molecule is COc1[c]ccnc1-c1cccc(F)c1. The molecule has 0 aliphatic heterocycles. The maximum absolute atomic E-state index is 13.0. The van der Waals surface area contributed by atoms with Crippen LogP contribution < -0.4 is 4.74 Å². The van der Waals surface area contributed by atoms with Crippen molar-refractivity contribution in [1.82, 2.24) is 4.98 Å². The molecular formula is C12H9FNO. The highest BCUT2D eigenvalue weighted by molar-refractivity contribution is 5.65. The molecule has 15 heavy (non-hydrogen) atoms. The lowest BCUT2D eigenvalue weighted by Gasteiger charge is -2.06. The largest absolute Gasteiger partial charge is 0.494 e. The summed E-state index contributed by atoms with van der Waals surface area (Å²) in [5, 5.41) is 0. The minimum Gasteiger partial charge on any atom is -0.494 e. The second-order valence-corrected chi connectivity index (χ2v) is 2.98. The van der Waals surface area contributed by atoms with Gasteiger partial charge in [-0.05, 0) is 18.2 Å². The Kier molecular flexibility index (Phi) is 2.63. The quantitative estimate of drug-likeness (QED) is 0.747. The lowest BCUT2D eigenvalue weighted by molar-refractivity contribution is 0.414. The zero-order valence-electron chi connectivity index (χ0n) is 8.20. The molecule has 0 saturated heterocycles. The molecule has 0 unspecified atom stereocenters. The standard InChI is InChI=1S/C12H9FNO/c1-15-11-6-3-7-14-12(11)9-4-2-5-10(13)8-9/h2-5,7-8H,1H3. The minimum atomic E-state index is -0.291. The Morgan fingerprint density at radius 3 is 3.00 bits per heavy atom. The minimum absolute atomic E-state index is 0.291. The molecule has 0 bridgehead atoms. The van der Waals surface area contributed by atoms with Crippen molar-refractivity contribution < 1.29 is 9.13 Å². The summed E-state index contributed by atoms with van der Waals surface area (Å²) in [7, 11) is 1.54. The Hall–Kier alpha value is -1.90. The summed E-state index contributed by atoms with van der Waals surface area (Å²) < 4.78 is 18.1. The Balaban J connectivity index is 2.53. The number of ether oxygens (including phenoxy) is 1. The fourth-order valence-corrected chi connectivity index (χ4v) is 1.35. The highest BCUT2D eigenvalue weighted by Gasteiger charge is 2.06. The van der Waals surface area contributed by atoms with Crippen molar-refractivity contribution in [3.05, 3.63) is 48.4 Å². The zero-order chi connectivity index (χ0) is 10.7. The molecule has 0 amide bonds. The lowest BCUT2D eigenvalue weighted by atomic mass is 10.1. The number of halogens is 1. The van der Waals surface area contributed by atoms with Gasteiger partial charge in [0.05, 0.1) is 7.11 Å². The monoisotopic (exact) mass is 202 g/mol. The van der Waals surface area contributed by atoms with Crippen LogP contribution in [-0.2, 0) is 0 Å². The number of nitrogens with zero attached hydrogens (tertiary/aromatic N) is 1. The van der Waals surface area contributed by atoms with Crippen LogP contribution in [0.15, 0.2) is 36.5 Å². The van der Waals surface area contributed by atoms with E-state index in [2.05, 4.69) is 11.1 Å². The molecule has 0 N–H and O–H groups in total. The van der Waals surface area contributed by atoms with Crippen molar-refractivity contribution in [2.45, 2.75) is 0 Å². The molecule has 0 fully saturated rings. The van der Waals surface area contributed by atoms with Crippen LogP contribution in [0.5, 0.6) is 5.75 Å². The van der Waals surface area contributed by atoms with Crippen LogP contribution in [0.4, 0.5) is 4.39 Å². The first-order valence-corrected chi connectivity index (χ1v) is 4.48. The second kappa shape index (κ2) is 4.09. The van der Waals surface area contributed by atoms with Gasteiger partial charge in [0.2, 0.25) is 0 Å². The van der Waals surface area contributed by atoms with Gasteiger partial charge in [0.1, 0.15) is 11.5 Å². The summed E-state index contributed by atoms with van der Waals surface area (Å²) in [4.78, 5) is 4.14. The summed E-state index contributed by atoms with van der Waals surface area (Å²) in [5.74, 6) is 0.225.